The summed E-state index contributed by atoms with van der Waals surface area (Å²) in [5.41, 5.74) is 0. The number of carbonyl (C=O) groups excluding carboxylic acids is 1. The van der Waals surface area contributed by atoms with E-state index >= 15 is 0 Å². The van der Waals surface area contributed by atoms with Crippen molar-refractivity contribution in [2.45, 2.75) is 31.1 Å². The van der Waals surface area contributed by atoms with Crippen LogP contribution in [0.15, 0.2) is 35.5 Å². The molecule has 0 radical (unpaired) electrons. The molecule has 0 unspecified atom stereocenters. The normalized spacial score (nSPS) is 29.2. The molecule has 1 amide bonds. The smallest absolute Gasteiger partial charge is 0.289 e. The van der Waals surface area contributed by atoms with Crippen LogP contribution >= 0.6 is 0 Å². The lowest BCUT2D eigenvalue weighted by atomic mass is 10.0. The van der Waals surface area contributed by atoms with Gasteiger partial charge in [0.25, 0.3) is 5.91 Å². The Kier molecular flexibility index (Phi) is 3.89. The molecule has 2 aliphatic heterocycles. The fourth-order valence-electron chi connectivity index (χ4n) is 3.02. The highest BCUT2D eigenvalue weighted by Gasteiger charge is 2.47. The zero-order valence-electron chi connectivity index (χ0n) is 11.4. The van der Waals surface area contributed by atoms with Crippen molar-refractivity contribution in [3.63, 3.8) is 0 Å². The number of fused-ring (bicyclic) bond motifs is 1. The molecular formula is C15H19NO4. The summed E-state index contributed by atoms with van der Waals surface area (Å²) in [6, 6.07) is 3.50. The number of amides is 1. The lowest BCUT2D eigenvalue weighted by Crippen LogP contribution is -2.43. The molecule has 2 aliphatic rings. The zero-order valence-corrected chi connectivity index (χ0v) is 11.4. The third-order valence-corrected chi connectivity index (χ3v) is 3.90. The Balaban J connectivity index is 1.77. The summed E-state index contributed by atoms with van der Waals surface area (Å²) in [5, 5.41) is 0. The van der Waals surface area contributed by atoms with Crippen LogP contribution in [0.3, 0.4) is 0 Å². The minimum atomic E-state index is -0.0859. The number of rotatable bonds is 4. The van der Waals surface area contributed by atoms with Crippen LogP contribution in [0.25, 0.3) is 0 Å². The van der Waals surface area contributed by atoms with Gasteiger partial charge >= 0.3 is 0 Å². The summed E-state index contributed by atoms with van der Waals surface area (Å²) in [4.78, 5) is 14.3. The van der Waals surface area contributed by atoms with Gasteiger partial charge in [-0.1, -0.05) is 6.08 Å². The Hall–Kier alpha value is -1.59. The monoisotopic (exact) mass is 277 g/mol. The third kappa shape index (κ3) is 2.39. The molecule has 2 saturated heterocycles. The minimum Gasteiger partial charge on any atom is -0.459 e. The standard InChI is InChI=1S/C15H19NO4/c1-2-7-18-13-10-16(11-5-3-9-20-14(11)13)15(17)12-6-4-8-19-12/h2,4,6,8,11,13-14H,1,3,5,7,9-10H2/t11-,13-,14+/m1/s1. The van der Waals surface area contributed by atoms with E-state index in [0.29, 0.717) is 18.9 Å². The van der Waals surface area contributed by atoms with E-state index in [9.17, 15) is 4.79 Å². The van der Waals surface area contributed by atoms with E-state index < -0.39 is 0 Å². The molecule has 20 heavy (non-hydrogen) atoms. The van der Waals surface area contributed by atoms with Gasteiger partial charge in [-0.05, 0) is 25.0 Å². The molecule has 1 aromatic heterocycles. The first-order valence-electron chi connectivity index (χ1n) is 7.00. The number of hydrogen-bond donors (Lipinski definition) is 0. The molecular weight excluding hydrogens is 258 g/mol. The molecule has 5 nitrogen and oxygen atoms in total. The first-order valence-corrected chi connectivity index (χ1v) is 7.00. The van der Waals surface area contributed by atoms with E-state index in [2.05, 4.69) is 6.58 Å². The molecule has 0 N–H and O–H groups in total. The largest absolute Gasteiger partial charge is 0.459 e. The predicted octanol–water partition coefficient (Wildman–Crippen LogP) is 1.85. The second-order valence-corrected chi connectivity index (χ2v) is 5.14. The predicted molar refractivity (Wildman–Crippen MR) is 72.4 cm³/mol. The second-order valence-electron chi connectivity index (χ2n) is 5.14. The molecule has 5 heteroatoms. The van der Waals surface area contributed by atoms with Crippen molar-refractivity contribution in [3.8, 4) is 0 Å². The summed E-state index contributed by atoms with van der Waals surface area (Å²) in [6.45, 7) is 5.41. The fraction of sp³-hybridized carbons (Fsp3) is 0.533. The Morgan fingerprint density at radius 1 is 1.60 bits per heavy atom. The van der Waals surface area contributed by atoms with Crippen LogP contribution in [-0.4, -0.2) is 48.8 Å². The quantitative estimate of drug-likeness (QED) is 0.788. The summed E-state index contributed by atoms with van der Waals surface area (Å²) in [6.07, 6.45) is 5.03. The average molecular weight is 277 g/mol. The van der Waals surface area contributed by atoms with E-state index in [-0.39, 0.29) is 24.2 Å². The van der Waals surface area contributed by atoms with Gasteiger partial charge in [0.05, 0.1) is 25.5 Å². The van der Waals surface area contributed by atoms with Crippen LogP contribution in [0.2, 0.25) is 0 Å². The van der Waals surface area contributed by atoms with E-state index in [1.54, 1.807) is 18.2 Å². The number of furan rings is 1. The fourth-order valence-corrected chi connectivity index (χ4v) is 3.02. The van der Waals surface area contributed by atoms with Crippen molar-refractivity contribution in [2.24, 2.45) is 0 Å². The number of hydrogen-bond acceptors (Lipinski definition) is 4. The molecule has 108 valence electrons. The van der Waals surface area contributed by atoms with Gasteiger partial charge in [0.2, 0.25) is 0 Å². The molecule has 0 aromatic carbocycles. The molecule has 2 fully saturated rings. The highest BCUT2D eigenvalue weighted by atomic mass is 16.5. The highest BCUT2D eigenvalue weighted by Crippen LogP contribution is 2.31. The van der Waals surface area contributed by atoms with Gasteiger partial charge in [-0.15, -0.1) is 6.58 Å². The Morgan fingerprint density at radius 2 is 2.50 bits per heavy atom. The van der Waals surface area contributed by atoms with Crippen molar-refractivity contribution in [1.29, 1.82) is 0 Å². The van der Waals surface area contributed by atoms with Crippen LogP contribution in [0.1, 0.15) is 23.4 Å². The van der Waals surface area contributed by atoms with Crippen molar-refractivity contribution in [1.82, 2.24) is 4.90 Å². The summed E-state index contributed by atoms with van der Waals surface area (Å²) < 4.78 is 16.8. The number of likely N-dealkylation sites (tertiary alicyclic amines) is 1. The van der Waals surface area contributed by atoms with E-state index in [4.69, 9.17) is 13.9 Å². The summed E-state index contributed by atoms with van der Waals surface area (Å²) in [5.74, 6) is 0.291. The molecule has 3 atom stereocenters. The first-order chi connectivity index (χ1) is 9.81. The van der Waals surface area contributed by atoms with Crippen LogP contribution in [0, 0.1) is 0 Å². The second kappa shape index (κ2) is 5.81. The van der Waals surface area contributed by atoms with Gasteiger partial charge < -0.3 is 18.8 Å². The van der Waals surface area contributed by atoms with Crippen LogP contribution in [-0.2, 0) is 9.47 Å². The lowest BCUT2D eigenvalue weighted by molar-refractivity contribution is -0.0708. The maximum atomic E-state index is 12.5. The zero-order chi connectivity index (χ0) is 13.9. The molecule has 1 aromatic rings. The van der Waals surface area contributed by atoms with Gasteiger partial charge in [-0.3, -0.25) is 4.79 Å². The van der Waals surface area contributed by atoms with Gasteiger partial charge in [0.1, 0.15) is 12.2 Å². The van der Waals surface area contributed by atoms with Gasteiger partial charge in [-0.2, -0.15) is 0 Å². The first kappa shape index (κ1) is 13.4. The van der Waals surface area contributed by atoms with Gasteiger partial charge in [0, 0.05) is 6.61 Å². The van der Waals surface area contributed by atoms with Crippen LogP contribution < -0.4 is 0 Å². The average Bonchev–Trinajstić information content (AvgIpc) is 3.12. The molecule has 0 aliphatic carbocycles. The van der Waals surface area contributed by atoms with Crippen molar-refractivity contribution in [2.75, 3.05) is 19.8 Å². The molecule has 3 rings (SSSR count). The Morgan fingerprint density at radius 3 is 3.25 bits per heavy atom. The summed E-state index contributed by atoms with van der Waals surface area (Å²) in [7, 11) is 0. The third-order valence-electron chi connectivity index (χ3n) is 3.90. The van der Waals surface area contributed by atoms with Crippen LogP contribution in [0.4, 0.5) is 0 Å². The molecule has 0 saturated carbocycles. The van der Waals surface area contributed by atoms with Gasteiger partial charge in [0.15, 0.2) is 5.76 Å². The van der Waals surface area contributed by atoms with Crippen molar-refractivity contribution in [3.05, 3.63) is 36.8 Å². The van der Waals surface area contributed by atoms with E-state index in [1.165, 1.54) is 6.26 Å². The summed E-state index contributed by atoms with van der Waals surface area (Å²) >= 11 is 0. The maximum Gasteiger partial charge on any atom is 0.289 e. The topological polar surface area (TPSA) is 51.9 Å². The molecule has 0 spiro atoms. The number of carbonyl (C=O) groups is 1. The van der Waals surface area contributed by atoms with Crippen LogP contribution in [0.5, 0.6) is 0 Å². The SMILES string of the molecule is C=CCO[C@@H]1CN(C(=O)c2ccco2)[C@@H]2CCCO[C@@H]21. The van der Waals surface area contributed by atoms with Gasteiger partial charge in [-0.25, -0.2) is 0 Å². The van der Waals surface area contributed by atoms with E-state index in [0.717, 1.165) is 19.4 Å². The van der Waals surface area contributed by atoms with Crippen molar-refractivity contribution >= 4 is 5.91 Å². The molecule has 3 heterocycles. The number of ether oxygens (including phenoxy) is 2. The van der Waals surface area contributed by atoms with E-state index in [1.807, 2.05) is 4.90 Å². The van der Waals surface area contributed by atoms with Crippen molar-refractivity contribution < 1.29 is 18.7 Å². The maximum absolute atomic E-state index is 12.5. The Bertz CT molecular complexity index is 470. The molecule has 0 bridgehead atoms. The highest BCUT2D eigenvalue weighted by molar-refractivity contribution is 5.92. The minimum absolute atomic E-state index is 0.0392. The lowest BCUT2D eigenvalue weighted by Gasteiger charge is -2.31. The Labute approximate surface area is 118 Å². The number of nitrogens with zero attached hydrogens (tertiary/aromatic N) is 1.